The van der Waals surface area contributed by atoms with Gasteiger partial charge >= 0.3 is 0 Å². The Morgan fingerprint density at radius 3 is 2.14 bits per heavy atom. The number of nitrogens with one attached hydrogen (secondary N) is 1. The van der Waals surface area contributed by atoms with Crippen LogP contribution in [-0.4, -0.2) is 24.8 Å². The summed E-state index contributed by atoms with van der Waals surface area (Å²) in [5.74, 6) is 0. The molecule has 2 nitrogen and oxygen atoms in total. The maximum atomic E-state index is 6.00. The van der Waals surface area contributed by atoms with Gasteiger partial charge in [0.25, 0.3) is 0 Å². The Bertz CT molecular complexity index is 428. The van der Waals surface area contributed by atoms with E-state index >= 15 is 0 Å². The van der Waals surface area contributed by atoms with Gasteiger partial charge in [-0.1, -0.05) is 24.6 Å². The van der Waals surface area contributed by atoms with Crippen molar-refractivity contribution < 1.29 is 4.74 Å². The van der Waals surface area contributed by atoms with E-state index in [1.165, 1.54) is 22.3 Å². The molecule has 0 fully saturated rings. The predicted molar refractivity (Wildman–Crippen MR) is 92.1 cm³/mol. The summed E-state index contributed by atoms with van der Waals surface area (Å²) >= 11 is 0. The van der Waals surface area contributed by atoms with Crippen LogP contribution < -0.4 is 5.32 Å². The molecule has 0 heterocycles. The second-order valence-corrected chi connectivity index (χ2v) is 6.62. The molecule has 1 rings (SSSR count). The van der Waals surface area contributed by atoms with Gasteiger partial charge in [0, 0.05) is 12.6 Å². The first-order valence-corrected chi connectivity index (χ1v) is 8.25. The van der Waals surface area contributed by atoms with E-state index in [2.05, 4.69) is 65.9 Å². The molecular weight excluding hydrogens is 258 g/mol. The Balaban J connectivity index is 3.01. The average molecular weight is 291 g/mol. The molecule has 2 heteroatoms. The van der Waals surface area contributed by atoms with Gasteiger partial charge in [0.15, 0.2) is 0 Å². The van der Waals surface area contributed by atoms with E-state index in [0.29, 0.717) is 6.04 Å². The standard InChI is InChI=1S/C19H33NO/c1-8-10-20-18(19(6,7)21-9-2)13-17-15(4)11-14(3)12-16(17)5/h11-12,18,20H,8-10,13H2,1-7H3. The lowest BCUT2D eigenvalue weighted by atomic mass is 9.87. The van der Waals surface area contributed by atoms with Crippen molar-refractivity contribution in [1.82, 2.24) is 5.32 Å². The molecule has 21 heavy (non-hydrogen) atoms. The summed E-state index contributed by atoms with van der Waals surface area (Å²) in [4.78, 5) is 0. The van der Waals surface area contributed by atoms with Gasteiger partial charge in [-0.15, -0.1) is 0 Å². The average Bonchev–Trinajstić information content (AvgIpc) is 2.36. The van der Waals surface area contributed by atoms with Crippen molar-refractivity contribution in [3.05, 3.63) is 34.4 Å². The highest BCUT2D eigenvalue weighted by atomic mass is 16.5. The molecule has 1 aromatic carbocycles. The SMILES string of the molecule is CCCNC(Cc1c(C)cc(C)cc1C)C(C)(C)OCC. The second-order valence-electron chi connectivity index (χ2n) is 6.62. The molecule has 0 spiro atoms. The van der Waals surface area contributed by atoms with Crippen molar-refractivity contribution in [2.24, 2.45) is 0 Å². The van der Waals surface area contributed by atoms with Gasteiger partial charge in [-0.2, -0.15) is 0 Å². The normalized spacial score (nSPS) is 13.5. The van der Waals surface area contributed by atoms with Crippen molar-refractivity contribution in [1.29, 1.82) is 0 Å². The maximum absolute atomic E-state index is 6.00. The molecule has 1 unspecified atom stereocenters. The minimum atomic E-state index is -0.159. The largest absolute Gasteiger partial charge is 0.374 e. The molecule has 0 aliphatic carbocycles. The van der Waals surface area contributed by atoms with Crippen molar-refractivity contribution in [2.45, 2.75) is 73.0 Å². The first-order chi connectivity index (χ1) is 9.81. The number of hydrogen-bond acceptors (Lipinski definition) is 2. The zero-order valence-electron chi connectivity index (χ0n) is 15.0. The molecule has 1 atom stereocenters. The third-order valence-corrected chi connectivity index (χ3v) is 4.24. The first kappa shape index (κ1) is 18.2. The monoisotopic (exact) mass is 291 g/mol. The quantitative estimate of drug-likeness (QED) is 0.769. The molecule has 1 aromatic rings. The Morgan fingerprint density at radius 1 is 1.10 bits per heavy atom. The van der Waals surface area contributed by atoms with Gasteiger partial charge in [-0.05, 0) is 77.6 Å². The summed E-state index contributed by atoms with van der Waals surface area (Å²) in [6.45, 7) is 17.1. The van der Waals surface area contributed by atoms with Gasteiger partial charge < -0.3 is 10.1 Å². The third kappa shape index (κ3) is 5.12. The Hall–Kier alpha value is -0.860. The molecule has 0 bridgehead atoms. The third-order valence-electron chi connectivity index (χ3n) is 4.24. The van der Waals surface area contributed by atoms with E-state index in [0.717, 1.165) is 26.0 Å². The molecule has 0 aromatic heterocycles. The Kier molecular flexibility index (Phi) is 6.89. The van der Waals surface area contributed by atoms with Crippen LogP contribution in [0.25, 0.3) is 0 Å². The van der Waals surface area contributed by atoms with Crippen LogP contribution in [0, 0.1) is 20.8 Å². The highest BCUT2D eigenvalue weighted by Crippen LogP contribution is 2.24. The van der Waals surface area contributed by atoms with Crippen LogP contribution in [0.4, 0.5) is 0 Å². The minimum Gasteiger partial charge on any atom is -0.374 e. The lowest BCUT2D eigenvalue weighted by molar-refractivity contribution is -0.0380. The fourth-order valence-electron chi connectivity index (χ4n) is 3.09. The van der Waals surface area contributed by atoms with Crippen molar-refractivity contribution in [2.75, 3.05) is 13.2 Å². The van der Waals surface area contributed by atoms with Gasteiger partial charge in [-0.25, -0.2) is 0 Å². The molecule has 0 saturated carbocycles. The summed E-state index contributed by atoms with van der Waals surface area (Å²) in [6, 6.07) is 4.90. The molecule has 0 radical (unpaired) electrons. The smallest absolute Gasteiger partial charge is 0.0781 e. The summed E-state index contributed by atoms with van der Waals surface area (Å²) in [5, 5.41) is 3.69. The molecule has 0 aliphatic heterocycles. The zero-order valence-corrected chi connectivity index (χ0v) is 15.0. The highest BCUT2D eigenvalue weighted by Gasteiger charge is 2.30. The van der Waals surface area contributed by atoms with E-state index < -0.39 is 0 Å². The van der Waals surface area contributed by atoms with E-state index in [1.807, 2.05) is 0 Å². The van der Waals surface area contributed by atoms with E-state index in [1.54, 1.807) is 0 Å². The number of benzene rings is 1. The second kappa shape index (κ2) is 7.95. The maximum Gasteiger partial charge on any atom is 0.0781 e. The zero-order chi connectivity index (χ0) is 16.0. The van der Waals surface area contributed by atoms with Crippen LogP contribution in [0.15, 0.2) is 12.1 Å². The first-order valence-electron chi connectivity index (χ1n) is 8.25. The summed E-state index contributed by atoms with van der Waals surface area (Å²) in [7, 11) is 0. The van der Waals surface area contributed by atoms with Crippen molar-refractivity contribution in [3.63, 3.8) is 0 Å². The van der Waals surface area contributed by atoms with Crippen LogP contribution in [0.1, 0.15) is 56.4 Å². The summed E-state index contributed by atoms with van der Waals surface area (Å²) in [5.41, 5.74) is 5.43. The van der Waals surface area contributed by atoms with Gasteiger partial charge in [0.2, 0.25) is 0 Å². The van der Waals surface area contributed by atoms with E-state index in [4.69, 9.17) is 4.74 Å². The number of aryl methyl sites for hydroxylation is 3. The highest BCUT2D eigenvalue weighted by molar-refractivity contribution is 5.38. The van der Waals surface area contributed by atoms with Gasteiger partial charge in [0.1, 0.15) is 0 Å². The molecule has 0 saturated heterocycles. The lowest BCUT2D eigenvalue weighted by Gasteiger charge is -2.36. The number of ether oxygens (including phenoxy) is 1. The van der Waals surface area contributed by atoms with Gasteiger partial charge in [0.05, 0.1) is 5.60 Å². The number of rotatable bonds is 8. The topological polar surface area (TPSA) is 21.3 Å². The predicted octanol–water partition coefficient (Wildman–Crippen LogP) is 4.34. The molecular formula is C19H33NO. The van der Waals surface area contributed by atoms with Crippen LogP contribution in [-0.2, 0) is 11.2 Å². The van der Waals surface area contributed by atoms with Crippen LogP contribution in [0.2, 0.25) is 0 Å². The van der Waals surface area contributed by atoms with Crippen molar-refractivity contribution >= 4 is 0 Å². The van der Waals surface area contributed by atoms with Gasteiger partial charge in [-0.3, -0.25) is 0 Å². The van der Waals surface area contributed by atoms with Crippen LogP contribution in [0.3, 0.4) is 0 Å². The van der Waals surface area contributed by atoms with Crippen LogP contribution in [0.5, 0.6) is 0 Å². The lowest BCUT2D eigenvalue weighted by Crippen LogP contribution is -2.50. The molecule has 1 N–H and O–H groups in total. The fraction of sp³-hybridized carbons (Fsp3) is 0.684. The molecule has 0 amide bonds. The molecule has 120 valence electrons. The summed E-state index contributed by atoms with van der Waals surface area (Å²) in [6.07, 6.45) is 2.16. The molecule has 0 aliphatic rings. The van der Waals surface area contributed by atoms with E-state index in [-0.39, 0.29) is 5.60 Å². The Morgan fingerprint density at radius 2 is 1.67 bits per heavy atom. The minimum absolute atomic E-state index is 0.159. The summed E-state index contributed by atoms with van der Waals surface area (Å²) < 4.78 is 6.00. The van der Waals surface area contributed by atoms with Crippen LogP contribution >= 0.6 is 0 Å². The van der Waals surface area contributed by atoms with Crippen molar-refractivity contribution in [3.8, 4) is 0 Å². The number of hydrogen-bond donors (Lipinski definition) is 1. The van der Waals surface area contributed by atoms with E-state index in [9.17, 15) is 0 Å². The fourth-order valence-corrected chi connectivity index (χ4v) is 3.09. The Labute approximate surface area is 131 Å².